The predicted molar refractivity (Wildman–Crippen MR) is 85.7 cm³/mol. The van der Waals surface area contributed by atoms with Crippen LogP contribution in [0.3, 0.4) is 0 Å². The molecule has 0 aromatic heterocycles. The van der Waals surface area contributed by atoms with Gasteiger partial charge in [0, 0.05) is 12.1 Å². The molecule has 0 aliphatic carbocycles. The lowest BCUT2D eigenvalue weighted by molar-refractivity contribution is 0.136. The van der Waals surface area contributed by atoms with Crippen molar-refractivity contribution in [2.24, 2.45) is 0 Å². The Morgan fingerprint density at radius 3 is 2.74 bits per heavy atom. The Kier molecular flexibility index (Phi) is 9.54. The van der Waals surface area contributed by atoms with Gasteiger partial charge >= 0.3 is 0 Å². The summed E-state index contributed by atoms with van der Waals surface area (Å²) >= 11 is 0. The SMILES string of the molecule is CCCNC(C)CCCCN1CCCCC1CCC. The molecule has 2 nitrogen and oxygen atoms in total. The molecule has 114 valence electrons. The zero-order valence-corrected chi connectivity index (χ0v) is 13.6. The third-order valence-electron chi connectivity index (χ3n) is 4.45. The standard InChI is InChI=1S/C17H36N2/c1-4-10-17-12-7-9-15-19(17)14-8-6-11-16(3)18-13-5-2/h16-18H,4-15H2,1-3H3. The number of nitrogens with one attached hydrogen (secondary N) is 1. The van der Waals surface area contributed by atoms with Crippen LogP contribution in [0.1, 0.15) is 78.6 Å². The average Bonchev–Trinajstić information content (AvgIpc) is 2.43. The van der Waals surface area contributed by atoms with Gasteiger partial charge in [-0.2, -0.15) is 0 Å². The maximum atomic E-state index is 3.59. The first-order chi connectivity index (χ1) is 9.27. The Balaban J connectivity index is 2.09. The van der Waals surface area contributed by atoms with E-state index in [9.17, 15) is 0 Å². The van der Waals surface area contributed by atoms with Crippen LogP contribution in [0.25, 0.3) is 0 Å². The van der Waals surface area contributed by atoms with Gasteiger partial charge in [0.15, 0.2) is 0 Å². The van der Waals surface area contributed by atoms with Crippen molar-refractivity contribution in [1.82, 2.24) is 10.2 Å². The summed E-state index contributed by atoms with van der Waals surface area (Å²) in [6.45, 7) is 10.8. The van der Waals surface area contributed by atoms with Crippen LogP contribution in [-0.2, 0) is 0 Å². The van der Waals surface area contributed by atoms with Gasteiger partial charge in [0.25, 0.3) is 0 Å². The van der Waals surface area contributed by atoms with Crippen molar-refractivity contribution in [3.63, 3.8) is 0 Å². The van der Waals surface area contributed by atoms with Crippen LogP contribution in [0, 0.1) is 0 Å². The van der Waals surface area contributed by atoms with E-state index in [1.54, 1.807) is 0 Å². The first kappa shape index (κ1) is 17.0. The largest absolute Gasteiger partial charge is 0.314 e. The monoisotopic (exact) mass is 268 g/mol. The lowest BCUT2D eigenvalue weighted by Gasteiger charge is -2.35. The van der Waals surface area contributed by atoms with Crippen LogP contribution < -0.4 is 5.32 Å². The Labute approximate surface area is 121 Å². The molecule has 0 aromatic carbocycles. The molecule has 1 heterocycles. The summed E-state index contributed by atoms with van der Waals surface area (Å²) in [5.41, 5.74) is 0. The second-order valence-electron chi connectivity index (χ2n) is 6.33. The summed E-state index contributed by atoms with van der Waals surface area (Å²) < 4.78 is 0. The smallest absolute Gasteiger partial charge is 0.00951 e. The molecule has 1 rings (SSSR count). The van der Waals surface area contributed by atoms with E-state index in [1.807, 2.05) is 0 Å². The second-order valence-corrected chi connectivity index (χ2v) is 6.33. The minimum Gasteiger partial charge on any atom is -0.314 e. The maximum Gasteiger partial charge on any atom is 0.00951 e. The summed E-state index contributed by atoms with van der Waals surface area (Å²) in [5.74, 6) is 0. The lowest BCUT2D eigenvalue weighted by atomic mass is 9.97. The first-order valence-corrected chi connectivity index (χ1v) is 8.75. The Hall–Kier alpha value is -0.0800. The van der Waals surface area contributed by atoms with Gasteiger partial charge in [-0.05, 0) is 65.1 Å². The fourth-order valence-corrected chi connectivity index (χ4v) is 3.27. The van der Waals surface area contributed by atoms with E-state index in [1.165, 1.54) is 77.4 Å². The third-order valence-corrected chi connectivity index (χ3v) is 4.45. The van der Waals surface area contributed by atoms with Crippen LogP contribution in [-0.4, -0.2) is 36.6 Å². The van der Waals surface area contributed by atoms with E-state index >= 15 is 0 Å². The van der Waals surface area contributed by atoms with E-state index < -0.39 is 0 Å². The highest BCUT2D eigenvalue weighted by Crippen LogP contribution is 2.21. The molecule has 0 spiro atoms. The van der Waals surface area contributed by atoms with Crippen molar-refractivity contribution in [3.8, 4) is 0 Å². The number of hydrogen-bond donors (Lipinski definition) is 1. The highest BCUT2D eigenvalue weighted by Gasteiger charge is 2.20. The third kappa shape index (κ3) is 7.31. The number of rotatable bonds is 10. The molecule has 0 amide bonds. The lowest BCUT2D eigenvalue weighted by Crippen LogP contribution is -2.40. The molecule has 1 saturated heterocycles. The van der Waals surface area contributed by atoms with Gasteiger partial charge in [-0.15, -0.1) is 0 Å². The van der Waals surface area contributed by atoms with Gasteiger partial charge in [-0.3, -0.25) is 0 Å². The minimum atomic E-state index is 0.702. The van der Waals surface area contributed by atoms with Gasteiger partial charge in [0.2, 0.25) is 0 Å². The van der Waals surface area contributed by atoms with Crippen LogP contribution in [0.4, 0.5) is 0 Å². The molecule has 1 aliphatic heterocycles. The predicted octanol–water partition coefficient (Wildman–Crippen LogP) is 4.20. The molecule has 0 saturated carbocycles. The number of likely N-dealkylation sites (tertiary alicyclic amines) is 1. The van der Waals surface area contributed by atoms with Crippen LogP contribution in [0.15, 0.2) is 0 Å². The van der Waals surface area contributed by atoms with Crippen molar-refractivity contribution < 1.29 is 0 Å². The molecule has 19 heavy (non-hydrogen) atoms. The topological polar surface area (TPSA) is 15.3 Å². The normalized spacial score (nSPS) is 22.6. The Morgan fingerprint density at radius 1 is 1.16 bits per heavy atom. The van der Waals surface area contributed by atoms with E-state index in [0.29, 0.717) is 6.04 Å². The summed E-state index contributed by atoms with van der Waals surface area (Å²) in [4.78, 5) is 2.77. The molecule has 1 N–H and O–H groups in total. The maximum absolute atomic E-state index is 3.59. The highest BCUT2D eigenvalue weighted by molar-refractivity contribution is 4.76. The van der Waals surface area contributed by atoms with Crippen molar-refractivity contribution in [2.45, 2.75) is 90.6 Å². The fourth-order valence-electron chi connectivity index (χ4n) is 3.27. The van der Waals surface area contributed by atoms with Crippen molar-refractivity contribution in [2.75, 3.05) is 19.6 Å². The Morgan fingerprint density at radius 2 is 2.00 bits per heavy atom. The summed E-state index contributed by atoms with van der Waals surface area (Å²) in [5, 5.41) is 3.59. The highest BCUT2D eigenvalue weighted by atomic mass is 15.2. The number of nitrogens with zero attached hydrogens (tertiary/aromatic N) is 1. The molecular formula is C17H36N2. The Bertz CT molecular complexity index is 203. The molecular weight excluding hydrogens is 232 g/mol. The first-order valence-electron chi connectivity index (χ1n) is 8.75. The fraction of sp³-hybridized carbons (Fsp3) is 1.00. The molecule has 0 bridgehead atoms. The number of hydrogen-bond acceptors (Lipinski definition) is 2. The van der Waals surface area contributed by atoms with Gasteiger partial charge in [-0.1, -0.05) is 33.1 Å². The summed E-state index contributed by atoms with van der Waals surface area (Å²) in [6.07, 6.45) is 12.4. The van der Waals surface area contributed by atoms with Crippen LogP contribution >= 0.6 is 0 Å². The van der Waals surface area contributed by atoms with E-state index in [-0.39, 0.29) is 0 Å². The van der Waals surface area contributed by atoms with Gasteiger partial charge in [0.05, 0.1) is 0 Å². The van der Waals surface area contributed by atoms with Gasteiger partial charge in [0.1, 0.15) is 0 Å². The second kappa shape index (κ2) is 10.7. The van der Waals surface area contributed by atoms with Crippen molar-refractivity contribution in [1.29, 1.82) is 0 Å². The zero-order valence-electron chi connectivity index (χ0n) is 13.6. The minimum absolute atomic E-state index is 0.702. The number of piperidine rings is 1. The quantitative estimate of drug-likeness (QED) is 0.597. The van der Waals surface area contributed by atoms with E-state index in [4.69, 9.17) is 0 Å². The van der Waals surface area contributed by atoms with Gasteiger partial charge < -0.3 is 10.2 Å². The van der Waals surface area contributed by atoms with Crippen molar-refractivity contribution >= 4 is 0 Å². The number of unbranched alkanes of at least 4 members (excludes halogenated alkanes) is 1. The van der Waals surface area contributed by atoms with E-state index in [0.717, 1.165) is 6.04 Å². The molecule has 0 radical (unpaired) electrons. The van der Waals surface area contributed by atoms with Crippen LogP contribution in [0.5, 0.6) is 0 Å². The summed E-state index contributed by atoms with van der Waals surface area (Å²) in [6, 6.07) is 1.60. The van der Waals surface area contributed by atoms with Crippen molar-refractivity contribution in [3.05, 3.63) is 0 Å². The van der Waals surface area contributed by atoms with E-state index in [2.05, 4.69) is 31.0 Å². The molecule has 2 heteroatoms. The molecule has 2 atom stereocenters. The molecule has 1 aliphatic rings. The summed E-state index contributed by atoms with van der Waals surface area (Å²) in [7, 11) is 0. The average molecular weight is 268 g/mol. The zero-order chi connectivity index (χ0) is 13.9. The molecule has 2 unspecified atom stereocenters. The molecule has 1 fully saturated rings. The molecule has 0 aromatic rings. The van der Waals surface area contributed by atoms with Gasteiger partial charge in [-0.25, -0.2) is 0 Å². The van der Waals surface area contributed by atoms with Crippen LogP contribution in [0.2, 0.25) is 0 Å².